The van der Waals surface area contributed by atoms with Gasteiger partial charge in [0.25, 0.3) is 0 Å². The molecular weight excluding hydrogens is 208 g/mol. The van der Waals surface area contributed by atoms with Gasteiger partial charge < -0.3 is 4.90 Å². The summed E-state index contributed by atoms with van der Waals surface area (Å²) in [6, 6.07) is 2.41. The zero-order chi connectivity index (χ0) is 12.3. The van der Waals surface area contributed by atoms with Gasteiger partial charge in [-0.25, -0.2) is 0 Å². The quantitative estimate of drug-likeness (QED) is 0.684. The Morgan fingerprint density at radius 3 is 2.65 bits per heavy atom. The van der Waals surface area contributed by atoms with Crippen LogP contribution in [0.5, 0.6) is 0 Å². The van der Waals surface area contributed by atoms with Gasteiger partial charge in [0.15, 0.2) is 0 Å². The molecule has 1 heterocycles. The molecule has 0 radical (unpaired) electrons. The maximum absolute atomic E-state index is 8.91. The predicted octanol–water partition coefficient (Wildman–Crippen LogP) is 3.21. The number of nitriles is 1. The molecule has 1 fully saturated rings. The summed E-state index contributed by atoms with van der Waals surface area (Å²) in [5.74, 6) is 1.89. The molecule has 2 nitrogen and oxygen atoms in total. The van der Waals surface area contributed by atoms with Gasteiger partial charge in [0.2, 0.25) is 0 Å². The van der Waals surface area contributed by atoms with Gasteiger partial charge in [-0.2, -0.15) is 5.26 Å². The fourth-order valence-electron chi connectivity index (χ4n) is 3.22. The molecule has 2 heteroatoms. The monoisotopic (exact) mass is 232 g/mol. The van der Waals surface area contributed by atoms with Crippen molar-refractivity contribution in [2.24, 2.45) is 17.8 Å². The van der Waals surface area contributed by atoms with Crippen molar-refractivity contribution in [3.8, 4) is 6.07 Å². The van der Waals surface area contributed by atoms with Gasteiger partial charge in [0, 0.05) is 12.5 Å². The second-order valence-electron chi connectivity index (χ2n) is 5.81. The zero-order valence-electron chi connectivity index (χ0n) is 11.2. The maximum atomic E-state index is 8.91. The number of allylic oxidation sites excluding steroid dienone is 1. The number of piperidine rings is 1. The molecule has 0 bridgehead atoms. The van der Waals surface area contributed by atoms with Crippen LogP contribution < -0.4 is 0 Å². The van der Waals surface area contributed by atoms with Gasteiger partial charge in [0.05, 0.1) is 6.07 Å². The lowest BCUT2D eigenvalue weighted by molar-refractivity contribution is 0.163. The van der Waals surface area contributed by atoms with Gasteiger partial charge in [-0.15, -0.1) is 0 Å². The molecule has 0 aromatic carbocycles. The van der Waals surface area contributed by atoms with Gasteiger partial charge in [-0.3, -0.25) is 0 Å². The number of nitrogens with zero attached hydrogens (tertiary/aromatic N) is 2. The van der Waals surface area contributed by atoms with E-state index < -0.39 is 0 Å². The lowest BCUT2D eigenvalue weighted by atomic mass is 9.79. The maximum Gasteiger partial charge on any atom is 0.0656 e. The van der Waals surface area contributed by atoms with E-state index in [1.54, 1.807) is 5.57 Å². The number of rotatable bonds is 2. The molecule has 0 unspecified atom stereocenters. The molecule has 0 saturated carbocycles. The van der Waals surface area contributed by atoms with Crippen molar-refractivity contribution in [2.45, 2.75) is 39.5 Å². The summed E-state index contributed by atoms with van der Waals surface area (Å²) < 4.78 is 0. The molecule has 0 N–H and O–H groups in total. The normalized spacial score (nSPS) is 31.9. The number of hydrogen-bond donors (Lipinski definition) is 0. The van der Waals surface area contributed by atoms with Gasteiger partial charge >= 0.3 is 0 Å². The summed E-state index contributed by atoms with van der Waals surface area (Å²) in [5, 5.41) is 8.91. The summed E-state index contributed by atoms with van der Waals surface area (Å²) in [5.41, 5.74) is 1.59. The van der Waals surface area contributed by atoms with Crippen LogP contribution in [0.4, 0.5) is 0 Å². The number of hydrogen-bond acceptors (Lipinski definition) is 2. The predicted molar refractivity (Wildman–Crippen MR) is 70.4 cm³/mol. The smallest absolute Gasteiger partial charge is 0.0656 e. The van der Waals surface area contributed by atoms with Crippen molar-refractivity contribution in [1.29, 1.82) is 5.26 Å². The summed E-state index contributed by atoms with van der Waals surface area (Å²) in [6.07, 6.45) is 7.17. The Kier molecular flexibility index (Phi) is 4.23. The van der Waals surface area contributed by atoms with Crippen LogP contribution in [0.3, 0.4) is 0 Å². The Hall–Kier alpha value is -0.810. The van der Waals surface area contributed by atoms with Crippen molar-refractivity contribution in [2.75, 3.05) is 19.6 Å². The van der Waals surface area contributed by atoms with E-state index in [0.29, 0.717) is 5.92 Å². The third-order valence-corrected chi connectivity index (χ3v) is 4.59. The zero-order valence-corrected chi connectivity index (χ0v) is 11.2. The van der Waals surface area contributed by atoms with Gasteiger partial charge in [-0.1, -0.05) is 18.6 Å². The molecular formula is C15H24N2. The second kappa shape index (κ2) is 5.69. The van der Waals surface area contributed by atoms with Crippen LogP contribution in [-0.2, 0) is 0 Å². The van der Waals surface area contributed by atoms with E-state index in [1.807, 2.05) is 0 Å². The molecule has 0 aromatic heterocycles. The van der Waals surface area contributed by atoms with Crippen LogP contribution >= 0.6 is 0 Å². The van der Waals surface area contributed by atoms with Crippen LogP contribution in [0.15, 0.2) is 11.6 Å². The van der Waals surface area contributed by atoms with Crippen molar-refractivity contribution in [3.63, 3.8) is 0 Å². The highest BCUT2D eigenvalue weighted by atomic mass is 15.1. The first-order valence-electron chi connectivity index (χ1n) is 6.99. The Morgan fingerprint density at radius 1 is 1.35 bits per heavy atom. The molecule has 2 rings (SSSR count). The van der Waals surface area contributed by atoms with Crippen LogP contribution in [0.1, 0.15) is 39.5 Å². The average molecular weight is 232 g/mol. The van der Waals surface area contributed by atoms with Gasteiger partial charge in [0.1, 0.15) is 0 Å². The molecule has 0 amide bonds. The van der Waals surface area contributed by atoms with Crippen LogP contribution in [0.2, 0.25) is 0 Å². The minimum absolute atomic E-state index is 0.312. The Labute approximate surface area is 105 Å². The van der Waals surface area contributed by atoms with Crippen molar-refractivity contribution in [3.05, 3.63) is 11.6 Å². The van der Waals surface area contributed by atoms with E-state index in [9.17, 15) is 0 Å². The lowest BCUT2D eigenvalue weighted by Crippen LogP contribution is -2.39. The Bertz CT molecular complexity index is 318. The minimum atomic E-state index is 0.312. The molecule has 1 aliphatic heterocycles. The summed E-state index contributed by atoms with van der Waals surface area (Å²) in [4.78, 5) is 2.57. The Morgan fingerprint density at radius 2 is 2.06 bits per heavy atom. The fraction of sp³-hybridized carbons (Fsp3) is 0.800. The van der Waals surface area contributed by atoms with Crippen molar-refractivity contribution >= 4 is 0 Å². The van der Waals surface area contributed by atoms with E-state index in [4.69, 9.17) is 5.26 Å². The van der Waals surface area contributed by atoms with Crippen molar-refractivity contribution in [1.82, 2.24) is 4.90 Å². The van der Waals surface area contributed by atoms with E-state index in [0.717, 1.165) is 37.8 Å². The highest BCUT2D eigenvalue weighted by molar-refractivity contribution is 5.09. The fourth-order valence-corrected chi connectivity index (χ4v) is 3.22. The summed E-state index contributed by atoms with van der Waals surface area (Å²) in [6.45, 7) is 8.14. The van der Waals surface area contributed by atoms with Gasteiger partial charge in [-0.05, 0) is 57.5 Å². The molecule has 2 aliphatic rings. The van der Waals surface area contributed by atoms with Crippen LogP contribution in [0, 0.1) is 29.1 Å². The van der Waals surface area contributed by atoms with Crippen molar-refractivity contribution < 1.29 is 0 Å². The topological polar surface area (TPSA) is 27.0 Å². The standard InChI is InChI=1S/C15H24N2/c1-12-4-3-5-13(2)15(12)11-17-8-6-14(10-16)7-9-17/h4,13-15H,3,5-9,11H2,1-2H3/t13-,15+/m1/s1. The molecule has 0 aromatic rings. The molecule has 1 aliphatic carbocycles. The minimum Gasteiger partial charge on any atom is -0.303 e. The summed E-state index contributed by atoms with van der Waals surface area (Å²) in [7, 11) is 0. The highest BCUT2D eigenvalue weighted by Crippen LogP contribution is 2.31. The summed E-state index contributed by atoms with van der Waals surface area (Å²) >= 11 is 0. The number of likely N-dealkylation sites (tertiary alicyclic amines) is 1. The molecule has 0 spiro atoms. The van der Waals surface area contributed by atoms with Crippen LogP contribution in [-0.4, -0.2) is 24.5 Å². The third kappa shape index (κ3) is 3.10. The first kappa shape index (κ1) is 12.6. The lowest BCUT2D eigenvalue weighted by Gasteiger charge is -2.36. The highest BCUT2D eigenvalue weighted by Gasteiger charge is 2.26. The SMILES string of the molecule is CC1=CCC[C@@H](C)[C@H]1CN1CCC(C#N)CC1. The molecule has 17 heavy (non-hydrogen) atoms. The average Bonchev–Trinajstić information content (AvgIpc) is 2.35. The first-order chi connectivity index (χ1) is 8.20. The Balaban J connectivity index is 1.87. The molecule has 2 atom stereocenters. The second-order valence-corrected chi connectivity index (χ2v) is 5.81. The largest absolute Gasteiger partial charge is 0.303 e. The van der Waals surface area contributed by atoms with E-state index >= 15 is 0 Å². The molecule has 1 saturated heterocycles. The van der Waals surface area contributed by atoms with Crippen LogP contribution in [0.25, 0.3) is 0 Å². The molecule has 94 valence electrons. The third-order valence-electron chi connectivity index (χ3n) is 4.59. The first-order valence-corrected chi connectivity index (χ1v) is 6.99. The van der Waals surface area contributed by atoms with E-state index in [2.05, 4.69) is 30.9 Å². The van der Waals surface area contributed by atoms with E-state index in [1.165, 1.54) is 19.4 Å². The van der Waals surface area contributed by atoms with E-state index in [-0.39, 0.29) is 0 Å².